The molecule has 5 rings (SSSR count). The SMILES string of the molecule is COC(=O)c1ccc(-c2cc(C3=C(CN4C(=O)O[C@H](c5cc(C)cc(C(F)(F)F)c5)[C@@H]4C)CC(C)(C)CC3)c(OC)cc2F)cc1. The second kappa shape index (κ2) is 12.5. The molecule has 0 bridgehead atoms. The number of halogens is 4. The summed E-state index contributed by atoms with van der Waals surface area (Å²) < 4.78 is 72.3. The summed E-state index contributed by atoms with van der Waals surface area (Å²) in [6, 6.07) is 12.7. The zero-order valence-electron chi connectivity index (χ0n) is 26.7. The van der Waals surface area contributed by atoms with Gasteiger partial charge in [0.15, 0.2) is 0 Å². The van der Waals surface area contributed by atoms with Crippen LogP contribution in [0.4, 0.5) is 22.4 Å². The van der Waals surface area contributed by atoms with Crippen molar-refractivity contribution < 1.29 is 41.4 Å². The molecule has 0 aromatic heterocycles. The summed E-state index contributed by atoms with van der Waals surface area (Å²) in [6.45, 7) is 7.82. The molecule has 1 fully saturated rings. The molecule has 0 unspecified atom stereocenters. The number of benzene rings is 3. The average Bonchev–Trinajstić information content (AvgIpc) is 3.28. The van der Waals surface area contributed by atoms with Gasteiger partial charge in [0.2, 0.25) is 0 Å². The predicted molar refractivity (Wildman–Crippen MR) is 166 cm³/mol. The van der Waals surface area contributed by atoms with E-state index >= 15 is 4.39 Å². The molecule has 3 aromatic rings. The van der Waals surface area contributed by atoms with Crippen molar-refractivity contribution in [1.82, 2.24) is 4.90 Å². The minimum Gasteiger partial charge on any atom is -0.496 e. The number of alkyl halides is 3. The van der Waals surface area contributed by atoms with Gasteiger partial charge in [0.05, 0.1) is 31.4 Å². The lowest BCUT2D eigenvalue weighted by atomic mass is 9.72. The van der Waals surface area contributed by atoms with Gasteiger partial charge in [-0.1, -0.05) is 37.6 Å². The molecule has 244 valence electrons. The van der Waals surface area contributed by atoms with Gasteiger partial charge in [-0.05, 0) is 91.1 Å². The molecule has 2 aliphatic rings. The van der Waals surface area contributed by atoms with Crippen LogP contribution < -0.4 is 4.74 Å². The second-order valence-electron chi connectivity index (χ2n) is 12.8. The predicted octanol–water partition coefficient (Wildman–Crippen LogP) is 9.16. The molecule has 46 heavy (non-hydrogen) atoms. The molecule has 1 heterocycles. The van der Waals surface area contributed by atoms with Crippen LogP contribution in [0.1, 0.15) is 78.7 Å². The third kappa shape index (κ3) is 6.62. The number of hydrogen-bond donors (Lipinski definition) is 0. The van der Waals surface area contributed by atoms with Crippen molar-refractivity contribution in [2.75, 3.05) is 20.8 Å². The number of aryl methyl sites for hydroxylation is 1. The number of allylic oxidation sites excluding steroid dienone is 1. The Hall–Kier alpha value is -4.34. The van der Waals surface area contributed by atoms with Crippen molar-refractivity contribution in [2.24, 2.45) is 5.41 Å². The smallest absolute Gasteiger partial charge is 0.416 e. The highest BCUT2D eigenvalue weighted by Crippen LogP contribution is 2.47. The largest absolute Gasteiger partial charge is 0.496 e. The van der Waals surface area contributed by atoms with E-state index in [-0.39, 0.29) is 17.5 Å². The number of methoxy groups -OCH3 is 2. The van der Waals surface area contributed by atoms with E-state index in [2.05, 4.69) is 13.8 Å². The van der Waals surface area contributed by atoms with Gasteiger partial charge in [-0.15, -0.1) is 0 Å². The van der Waals surface area contributed by atoms with Crippen LogP contribution in [0.5, 0.6) is 5.75 Å². The lowest BCUT2D eigenvalue weighted by Gasteiger charge is -2.36. The van der Waals surface area contributed by atoms with Gasteiger partial charge in [0.1, 0.15) is 17.7 Å². The van der Waals surface area contributed by atoms with Crippen molar-refractivity contribution in [3.8, 4) is 16.9 Å². The van der Waals surface area contributed by atoms with Crippen molar-refractivity contribution in [1.29, 1.82) is 0 Å². The third-order valence-electron chi connectivity index (χ3n) is 8.91. The fourth-order valence-corrected chi connectivity index (χ4v) is 6.48. The maximum atomic E-state index is 15.5. The first kappa shape index (κ1) is 33.0. The maximum Gasteiger partial charge on any atom is 0.416 e. The van der Waals surface area contributed by atoms with Crippen molar-refractivity contribution in [3.63, 3.8) is 0 Å². The van der Waals surface area contributed by atoms with Crippen molar-refractivity contribution in [3.05, 3.63) is 93.8 Å². The van der Waals surface area contributed by atoms with Crippen molar-refractivity contribution >= 4 is 17.6 Å². The first-order valence-electron chi connectivity index (χ1n) is 15.1. The molecule has 0 N–H and O–H groups in total. The van der Waals surface area contributed by atoms with Crippen molar-refractivity contribution in [2.45, 2.75) is 65.3 Å². The Bertz CT molecular complexity index is 1690. The average molecular weight is 640 g/mol. The molecule has 1 aliphatic heterocycles. The Morgan fingerprint density at radius 2 is 1.74 bits per heavy atom. The molecule has 1 aliphatic carbocycles. The second-order valence-corrected chi connectivity index (χ2v) is 12.8. The van der Waals surface area contributed by atoms with Crippen LogP contribution in [0.25, 0.3) is 16.7 Å². The first-order valence-corrected chi connectivity index (χ1v) is 15.1. The van der Waals surface area contributed by atoms with E-state index in [9.17, 15) is 22.8 Å². The molecule has 0 radical (unpaired) electrons. The monoisotopic (exact) mass is 639 g/mol. The van der Waals surface area contributed by atoms with Gasteiger partial charge < -0.3 is 14.2 Å². The molecule has 3 aromatic carbocycles. The highest BCUT2D eigenvalue weighted by molar-refractivity contribution is 5.90. The lowest BCUT2D eigenvalue weighted by Crippen LogP contribution is -2.35. The number of carbonyl (C=O) groups excluding carboxylic acids is 2. The number of rotatable bonds is 7. The minimum absolute atomic E-state index is 0.0942. The zero-order chi connectivity index (χ0) is 33.6. The summed E-state index contributed by atoms with van der Waals surface area (Å²) in [7, 11) is 2.76. The number of amides is 1. The number of hydrogen-bond acceptors (Lipinski definition) is 5. The highest BCUT2D eigenvalue weighted by atomic mass is 19.4. The number of cyclic esters (lactones) is 1. The molecular formula is C36H37F4NO5. The van der Waals surface area contributed by atoms with Gasteiger partial charge in [-0.2, -0.15) is 13.2 Å². The quantitative estimate of drug-likeness (QED) is 0.191. The summed E-state index contributed by atoms with van der Waals surface area (Å²) in [5.74, 6) is -0.656. The molecule has 0 saturated carbocycles. The van der Waals surface area contributed by atoms with E-state index in [1.165, 1.54) is 20.3 Å². The van der Waals surface area contributed by atoms with Crippen LogP contribution >= 0.6 is 0 Å². The number of ether oxygens (including phenoxy) is 3. The Labute approximate surface area is 265 Å². The summed E-state index contributed by atoms with van der Waals surface area (Å²) in [5, 5.41) is 0. The summed E-state index contributed by atoms with van der Waals surface area (Å²) in [5.41, 5.74) is 3.59. The molecule has 6 nitrogen and oxygen atoms in total. The van der Waals surface area contributed by atoms with Gasteiger partial charge in [0.25, 0.3) is 0 Å². The van der Waals surface area contributed by atoms with Crippen LogP contribution in [-0.2, 0) is 15.7 Å². The highest BCUT2D eigenvalue weighted by Gasteiger charge is 2.42. The zero-order valence-corrected chi connectivity index (χ0v) is 26.7. The number of carbonyl (C=O) groups is 2. The van der Waals surface area contributed by atoms with Gasteiger partial charge in [-0.3, -0.25) is 4.90 Å². The summed E-state index contributed by atoms with van der Waals surface area (Å²) in [6.07, 6.45) is -3.92. The minimum atomic E-state index is -4.53. The van der Waals surface area contributed by atoms with E-state index in [1.54, 1.807) is 55.1 Å². The van der Waals surface area contributed by atoms with Crippen LogP contribution in [0, 0.1) is 18.2 Å². The van der Waals surface area contributed by atoms with Crippen LogP contribution in [0.15, 0.2) is 60.2 Å². The normalized spacial score (nSPS) is 19.7. The van der Waals surface area contributed by atoms with Gasteiger partial charge in [-0.25, -0.2) is 14.0 Å². The summed E-state index contributed by atoms with van der Waals surface area (Å²) >= 11 is 0. The molecular weight excluding hydrogens is 602 g/mol. The number of esters is 1. The molecule has 10 heteroatoms. The Balaban J connectivity index is 1.54. The molecule has 1 amide bonds. The van der Waals surface area contributed by atoms with Crippen LogP contribution in [-0.4, -0.2) is 43.8 Å². The van der Waals surface area contributed by atoms with E-state index in [0.29, 0.717) is 46.4 Å². The fourth-order valence-electron chi connectivity index (χ4n) is 6.48. The summed E-state index contributed by atoms with van der Waals surface area (Å²) in [4.78, 5) is 26.7. The first-order chi connectivity index (χ1) is 21.6. The molecule has 0 spiro atoms. The van der Waals surface area contributed by atoms with E-state index in [1.807, 2.05) is 0 Å². The van der Waals surface area contributed by atoms with E-state index in [4.69, 9.17) is 14.2 Å². The topological polar surface area (TPSA) is 65.1 Å². The van der Waals surface area contributed by atoms with Crippen LogP contribution in [0.3, 0.4) is 0 Å². The standard InChI is InChI=1S/C36H37F4NO5/c1-20-13-24(15-26(14-20)36(38,39)40)32-21(2)41(34(43)46-32)19-25-18-35(3,4)12-11-27(25)29-16-28(30(37)17-31(29)44-5)22-7-9-23(10-8-22)33(42)45-6/h7-10,13-17,21,32H,11-12,18-19H2,1-6H3/t21-,32-/m0/s1. The van der Waals surface area contributed by atoms with Gasteiger partial charge >= 0.3 is 18.2 Å². The van der Waals surface area contributed by atoms with E-state index < -0.39 is 41.8 Å². The lowest BCUT2D eigenvalue weighted by molar-refractivity contribution is -0.137. The third-order valence-corrected chi connectivity index (χ3v) is 8.91. The Morgan fingerprint density at radius 1 is 1.04 bits per heavy atom. The number of nitrogens with zero attached hydrogens (tertiary/aromatic N) is 1. The maximum absolute atomic E-state index is 15.5. The fraction of sp³-hybridized carbons (Fsp3) is 0.389. The van der Waals surface area contributed by atoms with Gasteiger partial charge in [0, 0.05) is 23.7 Å². The molecule has 2 atom stereocenters. The molecule has 1 saturated heterocycles. The van der Waals surface area contributed by atoms with E-state index in [0.717, 1.165) is 29.7 Å². The Morgan fingerprint density at radius 3 is 2.37 bits per heavy atom. The van der Waals surface area contributed by atoms with Crippen LogP contribution in [0.2, 0.25) is 0 Å². The Kier molecular flexibility index (Phi) is 8.94.